The summed E-state index contributed by atoms with van der Waals surface area (Å²) in [6, 6.07) is 5.39. The van der Waals surface area contributed by atoms with E-state index in [4.69, 9.17) is 5.73 Å². The Labute approximate surface area is 122 Å². The minimum atomic E-state index is 0.0298. The fourth-order valence-electron chi connectivity index (χ4n) is 2.42. The quantitative estimate of drug-likeness (QED) is 0.837. The highest BCUT2D eigenvalue weighted by molar-refractivity contribution is 9.10. The molecule has 1 heterocycles. The minimum absolute atomic E-state index is 0.0298. The molecule has 1 fully saturated rings. The second-order valence-corrected chi connectivity index (χ2v) is 5.94. The van der Waals surface area contributed by atoms with Gasteiger partial charge in [0.25, 0.3) is 0 Å². The molecule has 1 aliphatic heterocycles. The van der Waals surface area contributed by atoms with Crippen LogP contribution in [-0.2, 0) is 4.79 Å². The van der Waals surface area contributed by atoms with Crippen molar-refractivity contribution in [2.24, 2.45) is 5.92 Å². The standard InChI is InChI=1S/C14H20BrN3O/c1-2-10-5-6-18(8-10)9-14(19)17-13-4-3-11(16)7-12(13)15/h3-4,7,10H,2,5-6,8-9,16H2,1H3,(H,17,19). The van der Waals surface area contributed by atoms with Crippen molar-refractivity contribution in [3.8, 4) is 0 Å². The highest BCUT2D eigenvalue weighted by Gasteiger charge is 2.22. The number of amides is 1. The first-order chi connectivity index (χ1) is 9.08. The number of nitrogens with two attached hydrogens (primary N) is 1. The molecule has 2 rings (SSSR count). The van der Waals surface area contributed by atoms with Crippen molar-refractivity contribution in [2.45, 2.75) is 19.8 Å². The summed E-state index contributed by atoms with van der Waals surface area (Å²) < 4.78 is 0.814. The van der Waals surface area contributed by atoms with Crippen LogP contribution < -0.4 is 11.1 Å². The summed E-state index contributed by atoms with van der Waals surface area (Å²) in [5.74, 6) is 0.776. The van der Waals surface area contributed by atoms with Gasteiger partial charge < -0.3 is 11.1 Å². The molecular weight excluding hydrogens is 306 g/mol. The number of nitrogen functional groups attached to an aromatic ring is 1. The number of halogens is 1. The van der Waals surface area contributed by atoms with Crippen molar-refractivity contribution < 1.29 is 4.79 Å². The zero-order chi connectivity index (χ0) is 13.8. The lowest BCUT2D eigenvalue weighted by atomic mass is 10.1. The van der Waals surface area contributed by atoms with Gasteiger partial charge in [0.2, 0.25) is 5.91 Å². The highest BCUT2D eigenvalue weighted by Crippen LogP contribution is 2.25. The molecule has 0 saturated carbocycles. The Hall–Kier alpha value is -1.07. The maximum atomic E-state index is 12.0. The molecule has 1 amide bonds. The van der Waals surface area contributed by atoms with Gasteiger partial charge in [0, 0.05) is 16.7 Å². The van der Waals surface area contributed by atoms with E-state index in [0.717, 1.165) is 29.2 Å². The van der Waals surface area contributed by atoms with Gasteiger partial charge in [-0.2, -0.15) is 0 Å². The summed E-state index contributed by atoms with van der Waals surface area (Å²) >= 11 is 3.40. The monoisotopic (exact) mass is 325 g/mol. The van der Waals surface area contributed by atoms with Crippen LogP contribution in [0.15, 0.2) is 22.7 Å². The fraction of sp³-hybridized carbons (Fsp3) is 0.500. The zero-order valence-corrected chi connectivity index (χ0v) is 12.7. The van der Waals surface area contributed by atoms with Crippen LogP contribution in [0.25, 0.3) is 0 Å². The lowest BCUT2D eigenvalue weighted by Gasteiger charge is -2.15. The molecule has 1 aliphatic rings. The van der Waals surface area contributed by atoms with E-state index in [1.165, 1.54) is 12.8 Å². The topological polar surface area (TPSA) is 58.4 Å². The molecule has 0 spiro atoms. The molecule has 0 bridgehead atoms. The first kappa shape index (κ1) is 14.3. The summed E-state index contributed by atoms with van der Waals surface area (Å²) in [5.41, 5.74) is 7.12. The van der Waals surface area contributed by atoms with Gasteiger partial charge in [-0.1, -0.05) is 13.3 Å². The van der Waals surface area contributed by atoms with Crippen molar-refractivity contribution in [3.05, 3.63) is 22.7 Å². The number of carbonyl (C=O) groups is 1. The minimum Gasteiger partial charge on any atom is -0.399 e. The van der Waals surface area contributed by atoms with Gasteiger partial charge in [-0.25, -0.2) is 0 Å². The SMILES string of the molecule is CCC1CCN(CC(=O)Nc2ccc(N)cc2Br)C1. The maximum Gasteiger partial charge on any atom is 0.238 e. The van der Waals surface area contributed by atoms with Crippen molar-refractivity contribution in [2.75, 3.05) is 30.7 Å². The Morgan fingerprint density at radius 3 is 3.00 bits per heavy atom. The first-order valence-corrected chi connectivity index (χ1v) is 7.45. The number of nitrogens with zero attached hydrogens (tertiary/aromatic N) is 1. The Balaban J connectivity index is 1.87. The predicted octanol–water partition coefficient (Wildman–Crippen LogP) is 2.70. The average Bonchev–Trinajstić information content (AvgIpc) is 2.80. The van der Waals surface area contributed by atoms with Crippen LogP contribution in [-0.4, -0.2) is 30.4 Å². The molecule has 0 aromatic heterocycles. The number of anilines is 2. The van der Waals surface area contributed by atoms with Gasteiger partial charge in [-0.3, -0.25) is 9.69 Å². The molecule has 4 nitrogen and oxygen atoms in total. The molecule has 1 atom stereocenters. The average molecular weight is 326 g/mol. The summed E-state index contributed by atoms with van der Waals surface area (Å²) in [7, 11) is 0. The summed E-state index contributed by atoms with van der Waals surface area (Å²) in [4.78, 5) is 14.2. The summed E-state index contributed by atoms with van der Waals surface area (Å²) in [5, 5.41) is 2.91. The Kier molecular flexibility index (Phi) is 4.82. The third kappa shape index (κ3) is 3.94. The molecule has 104 valence electrons. The molecule has 0 radical (unpaired) electrons. The molecule has 0 aliphatic carbocycles. The first-order valence-electron chi connectivity index (χ1n) is 6.65. The van der Waals surface area contributed by atoms with Gasteiger partial charge in [-0.15, -0.1) is 0 Å². The highest BCUT2D eigenvalue weighted by atomic mass is 79.9. The van der Waals surface area contributed by atoms with E-state index in [9.17, 15) is 4.79 Å². The van der Waals surface area contributed by atoms with Gasteiger partial charge >= 0.3 is 0 Å². The van der Waals surface area contributed by atoms with Crippen LogP contribution in [0.3, 0.4) is 0 Å². The lowest BCUT2D eigenvalue weighted by Crippen LogP contribution is -2.31. The van der Waals surface area contributed by atoms with Gasteiger partial charge in [0.05, 0.1) is 12.2 Å². The predicted molar refractivity (Wildman–Crippen MR) is 82.0 cm³/mol. The lowest BCUT2D eigenvalue weighted by molar-refractivity contribution is -0.117. The third-order valence-corrected chi connectivity index (χ3v) is 4.24. The van der Waals surface area contributed by atoms with Crippen LogP contribution in [0.4, 0.5) is 11.4 Å². The molecule has 1 saturated heterocycles. The number of hydrogen-bond donors (Lipinski definition) is 2. The second-order valence-electron chi connectivity index (χ2n) is 5.09. The van der Waals surface area contributed by atoms with Crippen LogP contribution >= 0.6 is 15.9 Å². The van der Waals surface area contributed by atoms with Gasteiger partial charge in [0.15, 0.2) is 0 Å². The van der Waals surface area contributed by atoms with Crippen LogP contribution in [0, 0.1) is 5.92 Å². The molecule has 1 aromatic rings. The van der Waals surface area contributed by atoms with E-state index < -0.39 is 0 Å². The Morgan fingerprint density at radius 2 is 2.37 bits per heavy atom. The Bertz CT molecular complexity index is 464. The smallest absolute Gasteiger partial charge is 0.238 e. The van der Waals surface area contributed by atoms with Gasteiger partial charge in [0.1, 0.15) is 0 Å². The molecule has 19 heavy (non-hydrogen) atoms. The van der Waals surface area contributed by atoms with E-state index in [0.29, 0.717) is 12.2 Å². The van der Waals surface area contributed by atoms with E-state index in [-0.39, 0.29) is 5.91 Å². The largest absolute Gasteiger partial charge is 0.399 e. The summed E-state index contributed by atoms with van der Waals surface area (Å²) in [6.45, 7) is 4.73. The second kappa shape index (κ2) is 6.39. The van der Waals surface area contributed by atoms with Crippen molar-refractivity contribution in [1.29, 1.82) is 0 Å². The fourth-order valence-corrected chi connectivity index (χ4v) is 2.91. The Morgan fingerprint density at radius 1 is 1.58 bits per heavy atom. The normalized spacial score (nSPS) is 19.6. The molecule has 1 aromatic carbocycles. The van der Waals surface area contributed by atoms with Crippen LogP contribution in [0.5, 0.6) is 0 Å². The van der Waals surface area contributed by atoms with E-state index in [2.05, 4.69) is 33.1 Å². The van der Waals surface area contributed by atoms with Crippen LogP contribution in [0.2, 0.25) is 0 Å². The molecular formula is C14H20BrN3O. The van der Waals surface area contributed by atoms with Crippen molar-refractivity contribution >= 4 is 33.2 Å². The molecule has 3 N–H and O–H groups in total. The third-order valence-electron chi connectivity index (χ3n) is 3.58. The summed E-state index contributed by atoms with van der Waals surface area (Å²) in [6.07, 6.45) is 2.40. The molecule has 1 unspecified atom stereocenters. The van der Waals surface area contributed by atoms with E-state index in [1.54, 1.807) is 12.1 Å². The maximum absolute atomic E-state index is 12.0. The number of benzene rings is 1. The van der Waals surface area contributed by atoms with E-state index in [1.807, 2.05) is 6.07 Å². The number of likely N-dealkylation sites (tertiary alicyclic amines) is 1. The number of carbonyl (C=O) groups excluding carboxylic acids is 1. The zero-order valence-electron chi connectivity index (χ0n) is 11.2. The number of nitrogens with one attached hydrogen (secondary N) is 1. The van der Waals surface area contributed by atoms with Crippen molar-refractivity contribution in [1.82, 2.24) is 4.90 Å². The number of rotatable bonds is 4. The van der Waals surface area contributed by atoms with Gasteiger partial charge in [-0.05, 0) is 53.0 Å². The van der Waals surface area contributed by atoms with Crippen molar-refractivity contribution in [3.63, 3.8) is 0 Å². The number of hydrogen-bond acceptors (Lipinski definition) is 3. The van der Waals surface area contributed by atoms with E-state index >= 15 is 0 Å². The molecule has 5 heteroatoms. The van der Waals surface area contributed by atoms with Crippen LogP contribution in [0.1, 0.15) is 19.8 Å².